The highest BCUT2D eigenvalue weighted by Crippen LogP contribution is 2.20. The molecule has 1 aromatic carbocycles. The normalized spacial score (nSPS) is 14.6. The highest BCUT2D eigenvalue weighted by Gasteiger charge is 2.15. The quantitative estimate of drug-likeness (QED) is 0.847. The minimum absolute atomic E-state index is 0.575. The van der Waals surface area contributed by atoms with Crippen LogP contribution in [0.3, 0.4) is 0 Å². The van der Waals surface area contributed by atoms with Crippen molar-refractivity contribution in [1.29, 1.82) is 0 Å². The highest BCUT2D eigenvalue weighted by molar-refractivity contribution is 5.37. The van der Waals surface area contributed by atoms with E-state index < -0.39 is 0 Å². The third-order valence-corrected chi connectivity index (χ3v) is 3.11. The predicted molar refractivity (Wildman–Crippen MR) is 64.8 cm³/mol. The number of hydrogen-bond acceptors (Lipinski definition) is 3. The zero-order chi connectivity index (χ0) is 11.7. The Morgan fingerprint density at radius 2 is 2.12 bits per heavy atom. The van der Waals surface area contributed by atoms with Crippen LogP contribution in [0, 0.1) is 0 Å². The van der Waals surface area contributed by atoms with Crippen LogP contribution in [0.1, 0.15) is 16.8 Å². The lowest BCUT2D eigenvalue weighted by Crippen LogP contribution is -2.12. The summed E-state index contributed by atoms with van der Waals surface area (Å²) in [5.74, 6) is 0. The summed E-state index contributed by atoms with van der Waals surface area (Å²) in [7, 11) is 0. The SMILES string of the molecule is NCc1ccc(-n2ncc3c2CCOC3)cc1. The smallest absolute Gasteiger partial charge is 0.0750 e. The van der Waals surface area contributed by atoms with Crippen LogP contribution in [-0.2, 0) is 24.3 Å². The molecule has 0 saturated heterocycles. The number of hydrogen-bond donors (Lipinski definition) is 1. The molecule has 4 nitrogen and oxygen atoms in total. The third-order valence-electron chi connectivity index (χ3n) is 3.11. The minimum Gasteiger partial charge on any atom is -0.376 e. The third kappa shape index (κ3) is 1.85. The maximum absolute atomic E-state index is 5.59. The molecule has 0 saturated carbocycles. The van der Waals surface area contributed by atoms with Crippen molar-refractivity contribution >= 4 is 0 Å². The molecule has 2 heterocycles. The van der Waals surface area contributed by atoms with Gasteiger partial charge in [0.1, 0.15) is 0 Å². The Morgan fingerprint density at radius 3 is 2.88 bits per heavy atom. The first-order valence-electron chi connectivity index (χ1n) is 5.81. The minimum atomic E-state index is 0.575. The lowest BCUT2D eigenvalue weighted by molar-refractivity contribution is 0.109. The Bertz CT molecular complexity index is 516. The van der Waals surface area contributed by atoms with Gasteiger partial charge >= 0.3 is 0 Å². The number of aromatic nitrogens is 2. The standard InChI is InChI=1S/C13H15N3O/c14-7-10-1-3-12(4-2-10)16-13-5-6-17-9-11(13)8-15-16/h1-4,8H,5-7,9,14H2. The predicted octanol–water partition coefficient (Wildman–Crippen LogP) is 1.40. The highest BCUT2D eigenvalue weighted by atomic mass is 16.5. The van der Waals surface area contributed by atoms with Gasteiger partial charge in [-0.15, -0.1) is 0 Å². The van der Waals surface area contributed by atoms with E-state index in [4.69, 9.17) is 10.5 Å². The lowest BCUT2D eigenvalue weighted by atomic mass is 10.1. The second-order valence-electron chi connectivity index (χ2n) is 4.20. The van der Waals surface area contributed by atoms with Gasteiger partial charge in [-0.05, 0) is 17.7 Å². The van der Waals surface area contributed by atoms with Crippen molar-refractivity contribution in [2.45, 2.75) is 19.6 Å². The van der Waals surface area contributed by atoms with Crippen LogP contribution in [0.5, 0.6) is 0 Å². The molecule has 4 heteroatoms. The van der Waals surface area contributed by atoms with Crippen LogP contribution in [0.2, 0.25) is 0 Å². The van der Waals surface area contributed by atoms with E-state index in [1.165, 1.54) is 11.3 Å². The van der Waals surface area contributed by atoms with Gasteiger partial charge in [-0.2, -0.15) is 5.10 Å². The molecule has 1 aliphatic rings. The molecular weight excluding hydrogens is 214 g/mol. The maximum atomic E-state index is 5.59. The van der Waals surface area contributed by atoms with Crippen molar-refractivity contribution in [3.63, 3.8) is 0 Å². The summed E-state index contributed by atoms with van der Waals surface area (Å²) in [5.41, 5.74) is 10.3. The summed E-state index contributed by atoms with van der Waals surface area (Å²) in [6.45, 7) is 2.03. The van der Waals surface area contributed by atoms with Crippen molar-refractivity contribution in [2.24, 2.45) is 5.73 Å². The number of fused-ring (bicyclic) bond motifs is 1. The largest absolute Gasteiger partial charge is 0.376 e. The average molecular weight is 229 g/mol. The van der Waals surface area contributed by atoms with E-state index >= 15 is 0 Å². The van der Waals surface area contributed by atoms with Gasteiger partial charge in [0.25, 0.3) is 0 Å². The second-order valence-corrected chi connectivity index (χ2v) is 4.20. The van der Waals surface area contributed by atoms with Gasteiger partial charge in [0.15, 0.2) is 0 Å². The number of rotatable bonds is 2. The number of benzene rings is 1. The number of ether oxygens (including phenoxy) is 1. The second kappa shape index (κ2) is 4.31. The maximum Gasteiger partial charge on any atom is 0.0750 e. The van der Waals surface area contributed by atoms with E-state index in [-0.39, 0.29) is 0 Å². The average Bonchev–Trinajstić information content (AvgIpc) is 2.83. The van der Waals surface area contributed by atoms with Crippen LogP contribution >= 0.6 is 0 Å². The van der Waals surface area contributed by atoms with Crippen LogP contribution in [0.4, 0.5) is 0 Å². The number of nitrogens with zero attached hydrogens (tertiary/aromatic N) is 2. The Hall–Kier alpha value is -1.65. The number of nitrogens with two attached hydrogens (primary N) is 1. The Morgan fingerprint density at radius 1 is 1.29 bits per heavy atom. The van der Waals surface area contributed by atoms with Gasteiger partial charge < -0.3 is 10.5 Å². The fourth-order valence-corrected chi connectivity index (χ4v) is 2.14. The van der Waals surface area contributed by atoms with Crippen LogP contribution in [-0.4, -0.2) is 16.4 Å². The molecule has 0 atom stereocenters. The summed E-state index contributed by atoms with van der Waals surface area (Å²) < 4.78 is 7.41. The zero-order valence-corrected chi connectivity index (χ0v) is 9.60. The molecule has 0 spiro atoms. The molecule has 2 aromatic rings. The van der Waals surface area contributed by atoms with Gasteiger partial charge in [0.2, 0.25) is 0 Å². The lowest BCUT2D eigenvalue weighted by Gasteiger charge is -2.14. The zero-order valence-electron chi connectivity index (χ0n) is 9.60. The van der Waals surface area contributed by atoms with Crippen LogP contribution < -0.4 is 5.73 Å². The summed E-state index contributed by atoms with van der Waals surface area (Å²) >= 11 is 0. The van der Waals surface area contributed by atoms with Gasteiger partial charge in [-0.3, -0.25) is 0 Å². The molecule has 0 aliphatic carbocycles. The monoisotopic (exact) mass is 229 g/mol. The fraction of sp³-hybridized carbons (Fsp3) is 0.308. The van der Waals surface area contributed by atoms with Crippen molar-refractivity contribution < 1.29 is 4.74 Å². The summed E-state index contributed by atoms with van der Waals surface area (Å²) in [4.78, 5) is 0. The topological polar surface area (TPSA) is 53.1 Å². The van der Waals surface area contributed by atoms with Gasteiger partial charge in [0, 0.05) is 18.5 Å². The molecule has 17 heavy (non-hydrogen) atoms. The van der Waals surface area contributed by atoms with Crippen LogP contribution in [0.15, 0.2) is 30.5 Å². The molecule has 3 rings (SSSR count). The van der Waals surface area contributed by atoms with Crippen molar-refractivity contribution in [3.8, 4) is 5.69 Å². The first kappa shape index (κ1) is 10.5. The van der Waals surface area contributed by atoms with E-state index in [9.17, 15) is 0 Å². The Kier molecular flexibility index (Phi) is 2.66. The van der Waals surface area contributed by atoms with E-state index in [2.05, 4.69) is 17.2 Å². The molecule has 0 fully saturated rings. The molecule has 0 amide bonds. The van der Waals surface area contributed by atoms with Crippen molar-refractivity contribution in [2.75, 3.05) is 6.61 Å². The van der Waals surface area contributed by atoms with E-state index in [0.29, 0.717) is 13.2 Å². The molecular formula is C13H15N3O. The molecule has 2 N–H and O–H groups in total. The molecule has 1 aromatic heterocycles. The van der Waals surface area contributed by atoms with Crippen molar-refractivity contribution in [3.05, 3.63) is 47.3 Å². The van der Waals surface area contributed by atoms with E-state index in [1.54, 1.807) is 0 Å². The van der Waals surface area contributed by atoms with Crippen molar-refractivity contribution in [1.82, 2.24) is 9.78 Å². The summed E-state index contributed by atoms with van der Waals surface area (Å²) in [6.07, 6.45) is 2.82. The fourth-order valence-electron chi connectivity index (χ4n) is 2.14. The Balaban J connectivity index is 2.00. The first-order chi connectivity index (χ1) is 8.38. The summed E-state index contributed by atoms with van der Waals surface area (Å²) in [5, 5.41) is 4.43. The van der Waals surface area contributed by atoms with E-state index in [0.717, 1.165) is 24.3 Å². The molecule has 88 valence electrons. The molecule has 1 aliphatic heterocycles. The molecule has 0 radical (unpaired) electrons. The van der Waals surface area contributed by atoms with E-state index in [1.807, 2.05) is 23.0 Å². The van der Waals surface area contributed by atoms with Crippen LogP contribution in [0.25, 0.3) is 5.69 Å². The van der Waals surface area contributed by atoms with Gasteiger partial charge in [-0.25, -0.2) is 4.68 Å². The molecule has 0 unspecified atom stereocenters. The summed E-state index contributed by atoms with van der Waals surface area (Å²) in [6, 6.07) is 8.21. The molecule has 0 bridgehead atoms. The first-order valence-corrected chi connectivity index (χ1v) is 5.81. The van der Waals surface area contributed by atoms with Gasteiger partial charge in [0.05, 0.1) is 30.8 Å². The van der Waals surface area contributed by atoms with Gasteiger partial charge in [-0.1, -0.05) is 12.1 Å². The Labute approximate surface area is 100 Å².